The fraction of sp³-hybridized carbons (Fsp3) is 0.937. The second kappa shape index (κ2) is 55.6. The van der Waals surface area contributed by atoms with Crippen molar-refractivity contribution in [3.05, 3.63) is 0 Å². The van der Waals surface area contributed by atoms with E-state index in [1.54, 1.807) is 0 Å². The largest absolute Gasteiger partial charge is 0.472 e. The van der Waals surface area contributed by atoms with Crippen LogP contribution in [-0.4, -0.2) is 96.7 Å². The molecule has 0 saturated heterocycles. The summed E-state index contributed by atoms with van der Waals surface area (Å²) in [6.07, 6.45) is 37.8. The summed E-state index contributed by atoms with van der Waals surface area (Å²) in [4.78, 5) is 72.0. The number of hydrogen-bond acceptors (Lipinski definition) is 15. The molecule has 0 bridgehead atoms. The summed E-state index contributed by atoms with van der Waals surface area (Å²) in [5.41, 5.74) is 0. The molecule has 5 atom stereocenters. The molecule has 0 aromatic heterocycles. The molecule has 0 aromatic carbocycles. The average Bonchev–Trinajstić information content (AvgIpc) is 3.43. The average molecular weight is 1210 g/mol. The number of aliphatic hydroxyl groups excluding tert-OH is 1. The Labute approximate surface area is 498 Å². The van der Waals surface area contributed by atoms with Gasteiger partial charge in [-0.2, -0.15) is 0 Å². The van der Waals surface area contributed by atoms with E-state index in [1.807, 2.05) is 0 Å². The molecule has 0 spiro atoms. The SMILES string of the molecule is CCCCCCCCCCCCCCCCCC(=O)O[C@H](COC(=O)CCCCCCCCCC(C)C)COP(=O)(O)OC[C@@H](O)COP(=O)(O)OC[C@@H](COC(=O)CCCCCCCCC)OC(=O)CCCCCCCCCC(C)C. The molecule has 0 radical (unpaired) electrons. The highest BCUT2D eigenvalue weighted by Crippen LogP contribution is 2.45. The highest BCUT2D eigenvalue weighted by atomic mass is 31.2. The van der Waals surface area contributed by atoms with Crippen LogP contribution in [0.4, 0.5) is 0 Å². The maximum absolute atomic E-state index is 13.0. The van der Waals surface area contributed by atoms with E-state index < -0.39 is 97.5 Å². The van der Waals surface area contributed by atoms with Crippen LogP contribution in [0.1, 0.15) is 311 Å². The molecule has 82 heavy (non-hydrogen) atoms. The summed E-state index contributed by atoms with van der Waals surface area (Å²) < 4.78 is 67.8. The minimum Gasteiger partial charge on any atom is -0.462 e. The normalized spacial score (nSPS) is 14.3. The molecule has 0 aromatic rings. The lowest BCUT2D eigenvalue weighted by Gasteiger charge is -2.21. The van der Waals surface area contributed by atoms with Gasteiger partial charge >= 0.3 is 39.5 Å². The van der Waals surface area contributed by atoms with E-state index in [2.05, 4.69) is 41.5 Å². The number of phosphoric acid groups is 2. The number of unbranched alkanes of at least 4 members (excludes halogenated alkanes) is 32. The molecular weight excluding hydrogens is 1090 g/mol. The van der Waals surface area contributed by atoms with Gasteiger partial charge in [-0.15, -0.1) is 0 Å². The molecule has 2 unspecified atom stereocenters. The Hall–Kier alpha value is -1.94. The molecule has 17 nitrogen and oxygen atoms in total. The summed E-state index contributed by atoms with van der Waals surface area (Å²) in [7, 11) is -9.88. The van der Waals surface area contributed by atoms with Crippen LogP contribution in [0.15, 0.2) is 0 Å². The Kier molecular flexibility index (Phi) is 54.3. The zero-order valence-corrected chi connectivity index (χ0v) is 54.6. The fourth-order valence-corrected chi connectivity index (χ4v) is 10.9. The van der Waals surface area contributed by atoms with E-state index in [4.69, 9.17) is 37.0 Å². The van der Waals surface area contributed by atoms with E-state index >= 15 is 0 Å². The van der Waals surface area contributed by atoms with Gasteiger partial charge in [-0.05, 0) is 37.5 Å². The first-order valence-electron chi connectivity index (χ1n) is 33.0. The maximum atomic E-state index is 13.0. The van der Waals surface area contributed by atoms with Crippen LogP contribution in [-0.2, 0) is 65.4 Å². The first-order chi connectivity index (χ1) is 39.4. The highest BCUT2D eigenvalue weighted by molar-refractivity contribution is 7.47. The van der Waals surface area contributed by atoms with Crippen LogP contribution in [0, 0.1) is 11.8 Å². The van der Waals surface area contributed by atoms with Gasteiger partial charge < -0.3 is 33.8 Å². The number of esters is 4. The molecule has 486 valence electrons. The fourth-order valence-electron chi connectivity index (χ4n) is 9.35. The number of carbonyl (C=O) groups excluding carboxylic acids is 4. The van der Waals surface area contributed by atoms with Gasteiger partial charge in [-0.25, -0.2) is 9.13 Å². The van der Waals surface area contributed by atoms with Gasteiger partial charge in [0.25, 0.3) is 0 Å². The standard InChI is InChI=1S/C63H122O17P2/c1-7-9-11-13-15-16-17-18-19-20-21-22-28-35-41-47-62(67)79-59(52-74-61(66)46-40-34-29-23-26-31-37-43-55(3)4)54-78-82(71,72)76-50-57(64)49-75-81(69,70)77-53-58(51-73-60(65)45-39-33-25-14-12-10-8-2)80-63(68)48-42-36-30-24-27-32-38-44-56(5)6/h55-59,64H,7-54H2,1-6H3,(H,69,70)(H,71,72)/t57-,58+,59+/m0/s1. The summed E-state index contributed by atoms with van der Waals surface area (Å²) >= 11 is 0. The molecule has 0 heterocycles. The van der Waals surface area contributed by atoms with E-state index in [0.29, 0.717) is 37.5 Å². The molecule has 0 amide bonds. The van der Waals surface area contributed by atoms with Crippen molar-refractivity contribution >= 4 is 39.5 Å². The van der Waals surface area contributed by atoms with E-state index in [9.17, 15) is 43.2 Å². The Morgan fingerprint density at radius 2 is 0.561 bits per heavy atom. The monoisotopic (exact) mass is 1210 g/mol. The van der Waals surface area contributed by atoms with Crippen LogP contribution in [0.3, 0.4) is 0 Å². The Balaban J connectivity index is 5.20. The van der Waals surface area contributed by atoms with Gasteiger partial charge in [0.05, 0.1) is 26.4 Å². The van der Waals surface area contributed by atoms with Crippen molar-refractivity contribution in [3.63, 3.8) is 0 Å². The van der Waals surface area contributed by atoms with Crippen LogP contribution < -0.4 is 0 Å². The molecule has 0 rings (SSSR count). The number of ether oxygens (including phenoxy) is 4. The molecule has 3 N–H and O–H groups in total. The summed E-state index contributed by atoms with van der Waals surface area (Å²) in [6.45, 7) is 9.33. The third-order valence-electron chi connectivity index (χ3n) is 14.5. The molecule has 0 saturated carbocycles. The lowest BCUT2D eigenvalue weighted by atomic mass is 10.0. The van der Waals surface area contributed by atoms with Crippen molar-refractivity contribution in [3.8, 4) is 0 Å². The maximum Gasteiger partial charge on any atom is 0.472 e. The van der Waals surface area contributed by atoms with Crippen LogP contribution in [0.5, 0.6) is 0 Å². The zero-order valence-electron chi connectivity index (χ0n) is 52.8. The van der Waals surface area contributed by atoms with Crippen molar-refractivity contribution in [1.29, 1.82) is 0 Å². The minimum atomic E-state index is -4.94. The summed E-state index contributed by atoms with van der Waals surface area (Å²) in [5, 5.41) is 10.5. The lowest BCUT2D eigenvalue weighted by Crippen LogP contribution is -2.30. The topological polar surface area (TPSA) is 237 Å². The van der Waals surface area contributed by atoms with E-state index in [1.165, 1.54) is 109 Å². The molecule has 0 aliphatic rings. The summed E-state index contributed by atoms with van der Waals surface area (Å²) in [5.74, 6) is -0.740. The summed E-state index contributed by atoms with van der Waals surface area (Å²) in [6, 6.07) is 0. The van der Waals surface area contributed by atoms with Gasteiger partial charge in [0, 0.05) is 25.7 Å². The smallest absolute Gasteiger partial charge is 0.462 e. The lowest BCUT2D eigenvalue weighted by molar-refractivity contribution is -0.161. The van der Waals surface area contributed by atoms with Crippen LogP contribution in [0.2, 0.25) is 0 Å². The quantitative estimate of drug-likeness (QED) is 0.0222. The van der Waals surface area contributed by atoms with E-state index in [0.717, 1.165) is 109 Å². The predicted octanol–water partition coefficient (Wildman–Crippen LogP) is 17.3. The number of aliphatic hydroxyl groups is 1. The number of rotatable bonds is 62. The van der Waals surface area contributed by atoms with Crippen molar-refractivity contribution in [1.82, 2.24) is 0 Å². The number of carbonyl (C=O) groups is 4. The van der Waals surface area contributed by atoms with Crippen molar-refractivity contribution in [2.24, 2.45) is 11.8 Å². The van der Waals surface area contributed by atoms with Crippen molar-refractivity contribution in [2.45, 2.75) is 330 Å². The number of phosphoric ester groups is 2. The second-order valence-electron chi connectivity index (χ2n) is 23.7. The highest BCUT2D eigenvalue weighted by Gasteiger charge is 2.30. The van der Waals surface area contributed by atoms with Crippen LogP contribution in [0.25, 0.3) is 0 Å². The first kappa shape index (κ1) is 80.1. The third-order valence-corrected chi connectivity index (χ3v) is 16.4. The van der Waals surface area contributed by atoms with Gasteiger partial charge in [0.15, 0.2) is 12.2 Å². The predicted molar refractivity (Wildman–Crippen MR) is 326 cm³/mol. The van der Waals surface area contributed by atoms with Gasteiger partial charge in [0.1, 0.15) is 19.3 Å². The molecule has 0 aliphatic carbocycles. The van der Waals surface area contributed by atoms with Gasteiger partial charge in [0.2, 0.25) is 0 Å². The van der Waals surface area contributed by atoms with Gasteiger partial charge in [-0.3, -0.25) is 37.3 Å². The zero-order chi connectivity index (χ0) is 60.8. The molecule has 0 aliphatic heterocycles. The van der Waals surface area contributed by atoms with Crippen molar-refractivity contribution < 1.29 is 80.2 Å². The van der Waals surface area contributed by atoms with Gasteiger partial charge in [-0.1, -0.05) is 260 Å². The molecular formula is C63H122O17P2. The third kappa shape index (κ3) is 57.2. The Morgan fingerprint density at radius 3 is 0.829 bits per heavy atom. The number of hydrogen-bond donors (Lipinski definition) is 3. The Bertz CT molecular complexity index is 1620. The Morgan fingerprint density at radius 1 is 0.329 bits per heavy atom. The second-order valence-corrected chi connectivity index (χ2v) is 26.7. The first-order valence-corrected chi connectivity index (χ1v) is 36.0. The molecule has 0 fully saturated rings. The van der Waals surface area contributed by atoms with Crippen LogP contribution >= 0.6 is 15.6 Å². The molecule has 19 heteroatoms. The van der Waals surface area contributed by atoms with Crippen molar-refractivity contribution in [2.75, 3.05) is 39.6 Å². The van der Waals surface area contributed by atoms with E-state index in [-0.39, 0.29) is 25.7 Å². The minimum absolute atomic E-state index is 0.103.